The number of hydrogen-bond donors (Lipinski definition) is 0. The fourth-order valence-corrected chi connectivity index (χ4v) is 1.55. The van der Waals surface area contributed by atoms with Crippen LogP contribution in [0.3, 0.4) is 0 Å². The van der Waals surface area contributed by atoms with Gasteiger partial charge in [-0.1, -0.05) is 39.4 Å². The van der Waals surface area contributed by atoms with Gasteiger partial charge in [0.1, 0.15) is 0 Å². The predicted octanol–water partition coefficient (Wildman–Crippen LogP) is 3.53. The molecule has 15 heavy (non-hydrogen) atoms. The molecule has 2 nitrogen and oxygen atoms in total. The first kappa shape index (κ1) is 17.7. The van der Waals surface area contributed by atoms with E-state index >= 15 is 0 Å². The van der Waals surface area contributed by atoms with E-state index in [9.17, 15) is 0 Å². The Hall–Kier alpha value is 0.360. The molecule has 0 saturated heterocycles. The van der Waals surface area contributed by atoms with Gasteiger partial charge in [0.2, 0.25) is 0 Å². The van der Waals surface area contributed by atoms with Gasteiger partial charge in [0.25, 0.3) is 0 Å². The van der Waals surface area contributed by atoms with Crippen LogP contribution in [0.2, 0.25) is 0 Å². The summed E-state index contributed by atoms with van der Waals surface area (Å²) in [5.74, 6) is 0.881. The maximum absolute atomic E-state index is 5.44. The summed E-state index contributed by atoms with van der Waals surface area (Å²) in [6.07, 6.45) is 2.46. The average molecular weight is 252 g/mol. The highest BCUT2D eigenvalue weighted by atomic mass is 32.2. The molecule has 0 radical (unpaired) electrons. The summed E-state index contributed by atoms with van der Waals surface area (Å²) in [6.45, 7) is 7.66. The molecule has 0 aliphatic heterocycles. The molecular weight excluding hydrogens is 228 g/mol. The molecular formula is C11H24O2S2. The first-order valence-corrected chi connectivity index (χ1v) is 7.03. The Morgan fingerprint density at radius 3 is 2.53 bits per heavy atom. The van der Waals surface area contributed by atoms with Crippen molar-refractivity contribution in [2.24, 2.45) is 0 Å². The fourth-order valence-electron chi connectivity index (χ4n) is 0.792. The Bertz CT molecular complexity index is 121. The Labute approximate surface area is 104 Å². The zero-order chi connectivity index (χ0) is 11.9. The van der Waals surface area contributed by atoms with Crippen molar-refractivity contribution in [1.29, 1.82) is 0 Å². The van der Waals surface area contributed by atoms with E-state index in [1.807, 2.05) is 13.8 Å². The van der Waals surface area contributed by atoms with Crippen LogP contribution in [0.25, 0.3) is 0 Å². The monoisotopic (exact) mass is 252 g/mol. The number of rotatable bonds is 9. The molecule has 0 spiro atoms. The second kappa shape index (κ2) is 16.8. The van der Waals surface area contributed by atoms with Gasteiger partial charge in [0.05, 0.1) is 12.7 Å². The van der Waals surface area contributed by atoms with Crippen LogP contribution in [0.4, 0.5) is 0 Å². The van der Waals surface area contributed by atoms with Gasteiger partial charge in [-0.25, -0.2) is 0 Å². The Morgan fingerprint density at radius 1 is 1.40 bits per heavy atom. The van der Waals surface area contributed by atoms with Crippen molar-refractivity contribution < 1.29 is 9.47 Å². The fraction of sp³-hybridized carbons (Fsp3) is 0.909. The van der Waals surface area contributed by atoms with Crippen LogP contribution in [0, 0.1) is 0 Å². The molecule has 0 aromatic heterocycles. The van der Waals surface area contributed by atoms with E-state index in [1.54, 1.807) is 23.6 Å². The number of methoxy groups -OCH3 is 1. The normalized spacial score (nSPS) is 11.5. The van der Waals surface area contributed by atoms with Gasteiger partial charge < -0.3 is 9.47 Å². The van der Waals surface area contributed by atoms with Crippen LogP contribution in [0.15, 0.2) is 0 Å². The predicted molar refractivity (Wildman–Crippen MR) is 74.0 cm³/mol. The summed E-state index contributed by atoms with van der Waals surface area (Å²) in [5, 5.41) is 0. The van der Waals surface area contributed by atoms with Crippen LogP contribution in [-0.4, -0.2) is 36.9 Å². The Balaban J connectivity index is 0. The number of hydrogen-bond acceptors (Lipinski definition) is 4. The molecule has 0 N–H and O–H groups in total. The molecule has 0 fully saturated rings. The highest BCUT2D eigenvalue weighted by Crippen LogP contribution is 2.03. The molecule has 0 aromatic rings. The van der Waals surface area contributed by atoms with E-state index < -0.39 is 0 Å². The van der Waals surface area contributed by atoms with Crippen LogP contribution in [0.1, 0.15) is 33.6 Å². The molecule has 1 atom stereocenters. The first-order valence-electron chi connectivity index (χ1n) is 5.50. The maximum atomic E-state index is 5.44. The quantitative estimate of drug-likeness (QED) is 0.461. The van der Waals surface area contributed by atoms with Gasteiger partial charge in [-0.15, -0.1) is 11.8 Å². The summed E-state index contributed by atoms with van der Waals surface area (Å²) in [4.78, 5) is 0. The summed E-state index contributed by atoms with van der Waals surface area (Å²) in [7, 11) is 1.71. The minimum absolute atomic E-state index is 0.168. The van der Waals surface area contributed by atoms with Crippen molar-refractivity contribution >= 4 is 28.7 Å². The smallest absolute Gasteiger partial charge is 0.0898 e. The van der Waals surface area contributed by atoms with Crippen LogP contribution >= 0.6 is 24.0 Å². The van der Waals surface area contributed by atoms with E-state index in [1.165, 1.54) is 6.42 Å². The molecule has 0 saturated carbocycles. The molecule has 92 valence electrons. The van der Waals surface area contributed by atoms with E-state index in [-0.39, 0.29) is 6.10 Å². The van der Waals surface area contributed by atoms with E-state index in [0.29, 0.717) is 6.61 Å². The highest BCUT2D eigenvalue weighted by molar-refractivity contribution is 8.20. The van der Waals surface area contributed by atoms with Crippen molar-refractivity contribution in [3.8, 4) is 0 Å². The third kappa shape index (κ3) is 14.4. The van der Waals surface area contributed by atoms with Crippen molar-refractivity contribution in [3.63, 3.8) is 0 Å². The molecule has 0 amide bonds. The highest BCUT2D eigenvalue weighted by Gasteiger charge is 2.05. The number of ether oxygens (including phenoxy) is 2. The second-order valence-electron chi connectivity index (χ2n) is 2.72. The Kier molecular flexibility index (Phi) is 19.8. The maximum Gasteiger partial charge on any atom is 0.0898 e. The van der Waals surface area contributed by atoms with Gasteiger partial charge in [-0.05, 0) is 6.42 Å². The molecule has 4 heteroatoms. The SMILES string of the molecule is CC.CCCCOCC(CSC=S)OC. The number of unbranched alkanes of at least 4 members (excludes halogenated alkanes) is 1. The lowest BCUT2D eigenvalue weighted by Gasteiger charge is -2.13. The first-order chi connectivity index (χ1) is 7.35. The lowest BCUT2D eigenvalue weighted by atomic mass is 10.3. The van der Waals surface area contributed by atoms with E-state index in [4.69, 9.17) is 21.7 Å². The van der Waals surface area contributed by atoms with Crippen LogP contribution in [0.5, 0.6) is 0 Å². The van der Waals surface area contributed by atoms with E-state index in [0.717, 1.165) is 18.8 Å². The summed E-state index contributed by atoms with van der Waals surface area (Å²) in [6, 6.07) is 0. The Morgan fingerprint density at radius 2 is 2.07 bits per heavy atom. The van der Waals surface area contributed by atoms with Gasteiger partial charge in [-0.2, -0.15) is 0 Å². The lowest BCUT2D eigenvalue weighted by Crippen LogP contribution is -2.21. The molecule has 0 bridgehead atoms. The minimum atomic E-state index is 0.168. The molecule has 0 aromatic carbocycles. The van der Waals surface area contributed by atoms with Crippen molar-refractivity contribution in [2.45, 2.75) is 39.7 Å². The van der Waals surface area contributed by atoms with Crippen LogP contribution < -0.4 is 0 Å². The van der Waals surface area contributed by atoms with Crippen molar-refractivity contribution in [1.82, 2.24) is 0 Å². The minimum Gasteiger partial charge on any atom is -0.379 e. The third-order valence-electron chi connectivity index (χ3n) is 1.63. The zero-order valence-corrected chi connectivity index (χ0v) is 12.0. The lowest BCUT2D eigenvalue weighted by molar-refractivity contribution is 0.0203. The van der Waals surface area contributed by atoms with Crippen molar-refractivity contribution in [2.75, 3.05) is 26.1 Å². The van der Waals surface area contributed by atoms with Crippen molar-refractivity contribution in [3.05, 3.63) is 0 Å². The third-order valence-corrected chi connectivity index (χ3v) is 2.74. The largest absolute Gasteiger partial charge is 0.379 e. The molecule has 0 heterocycles. The average Bonchev–Trinajstić information content (AvgIpc) is 2.31. The summed E-state index contributed by atoms with van der Waals surface area (Å²) >= 11 is 6.30. The topological polar surface area (TPSA) is 18.5 Å². The molecule has 1 unspecified atom stereocenters. The standard InChI is InChI=1S/C9H18O2S2.C2H6/c1-3-4-5-11-6-9(10-2)7-13-8-12;1-2/h8-9H,3-7H2,1-2H3;1-2H3. The van der Waals surface area contributed by atoms with Crippen LogP contribution in [-0.2, 0) is 9.47 Å². The number of thiocarbonyl (C=S) groups is 1. The zero-order valence-electron chi connectivity index (χ0n) is 10.3. The van der Waals surface area contributed by atoms with Gasteiger partial charge in [0.15, 0.2) is 0 Å². The van der Waals surface area contributed by atoms with E-state index in [2.05, 4.69) is 6.92 Å². The summed E-state index contributed by atoms with van der Waals surface area (Å²) < 4.78 is 12.3. The molecule has 0 aliphatic rings. The molecule has 0 aliphatic carbocycles. The number of thioether (sulfide) groups is 1. The second-order valence-corrected chi connectivity index (χ2v) is 4.15. The molecule has 0 rings (SSSR count). The van der Waals surface area contributed by atoms with Gasteiger partial charge in [-0.3, -0.25) is 0 Å². The summed E-state index contributed by atoms with van der Waals surface area (Å²) in [5.41, 5.74) is 0. The van der Waals surface area contributed by atoms with Gasteiger partial charge in [0, 0.05) is 24.2 Å². The van der Waals surface area contributed by atoms with Gasteiger partial charge >= 0.3 is 0 Å².